The molecule has 170 valence electrons. The van der Waals surface area contributed by atoms with Crippen LogP contribution >= 0.6 is 11.3 Å². The molecule has 1 aliphatic rings. The Morgan fingerprint density at radius 3 is 2.61 bits per heavy atom. The standard InChI is InChI=1S/C22H19FN4O5S/c23-16-6-3-14(4-7-16)17-13-33-22(24-17)25-20(28)12-32-21(29)15-5-8-18(19(11-15)27(30)31)26-9-1-2-10-26/h3-8,11,13H,1-2,9-10,12H2,(H,24,25,28). The van der Waals surface area contributed by atoms with Crippen LogP contribution in [0.5, 0.6) is 0 Å². The molecule has 1 fully saturated rings. The highest BCUT2D eigenvalue weighted by Crippen LogP contribution is 2.32. The number of nitrogens with zero attached hydrogens (tertiary/aromatic N) is 3. The van der Waals surface area contributed by atoms with Crippen LogP contribution in [0.15, 0.2) is 47.8 Å². The monoisotopic (exact) mass is 470 g/mol. The lowest BCUT2D eigenvalue weighted by atomic mass is 10.1. The predicted molar refractivity (Wildman–Crippen MR) is 121 cm³/mol. The van der Waals surface area contributed by atoms with E-state index in [9.17, 15) is 24.1 Å². The molecule has 1 aromatic heterocycles. The first-order valence-corrected chi connectivity index (χ1v) is 11.0. The number of aromatic nitrogens is 1. The van der Waals surface area contributed by atoms with Crippen LogP contribution in [0.25, 0.3) is 11.3 Å². The van der Waals surface area contributed by atoms with Crippen molar-refractivity contribution >= 4 is 39.7 Å². The minimum atomic E-state index is -0.840. The molecule has 3 aromatic rings. The molecule has 2 aromatic carbocycles. The lowest BCUT2D eigenvalue weighted by molar-refractivity contribution is -0.384. The average Bonchev–Trinajstić information content (AvgIpc) is 3.50. The molecule has 2 heterocycles. The van der Waals surface area contributed by atoms with Gasteiger partial charge in [-0.25, -0.2) is 14.2 Å². The summed E-state index contributed by atoms with van der Waals surface area (Å²) in [4.78, 5) is 41.6. The Morgan fingerprint density at radius 1 is 1.18 bits per heavy atom. The molecule has 11 heteroatoms. The molecule has 1 N–H and O–H groups in total. The van der Waals surface area contributed by atoms with Gasteiger partial charge in [0.05, 0.1) is 16.2 Å². The minimum Gasteiger partial charge on any atom is -0.452 e. The van der Waals surface area contributed by atoms with E-state index in [2.05, 4.69) is 10.3 Å². The maximum atomic E-state index is 13.1. The van der Waals surface area contributed by atoms with E-state index in [1.54, 1.807) is 17.5 Å². The van der Waals surface area contributed by atoms with Crippen LogP contribution in [0.4, 0.5) is 20.9 Å². The van der Waals surface area contributed by atoms with Crippen LogP contribution in [-0.2, 0) is 9.53 Å². The van der Waals surface area contributed by atoms with Crippen molar-refractivity contribution in [1.82, 2.24) is 4.98 Å². The molecule has 4 rings (SSSR count). The summed E-state index contributed by atoms with van der Waals surface area (Å²) in [6.45, 7) is 0.876. The van der Waals surface area contributed by atoms with Gasteiger partial charge in [0.1, 0.15) is 11.5 Å². The maximum Gasteiger partial charge on any atom is 0.338 e. The molecule has 0 saturated carbocycles. The number of hydrogen-bond donors (Lipinski definition) is 1. The largest absolute Gasteiger partial charge is 0.452 e. The number of esters is 1. The third kappa shape index (κ3) is 5.32. The van der Waals surface area contributed by atoms with Crippen molar-refractivity contribution in [3.8, 4) is 11.3 Å². The van der Waals surface area contributed by atoms with Gasteiger partial charge in [-0.2, -0.15) is 0 Å². The van der Waals surface area contributed by atoms with Crippen LogP contribution in [0.3, 0.4) is 0 Å². The van der Waals surface area contributed by atoms with E-state index in [1.165, 1.54) is 41.7 Å². The number of thiazole rings is 1. The molecule has 0 atom stereocenters. The summed E-state index contributed by atoms with van der Waals surface area (Å²) in [5.41, 5.74) is 1.54. The molecular formula is C22H19FN4O5S. The van der Waals surface area contributed by atoms with Crippen molar-refractivity contribution in [2.75, 3.05) is 29.9 Å². The Bertz CT molecular complexity index is 1190. The summed E-state index contributed by atoms with van der Waals surface area (Å²) >= 11 is 1.17. The first kappa shape index (κ1) is 22.3. The van der Waals surface area contributed by atoms with Gasteiger partial charge in [0.15, 0.2) is 11.7 Å². The van der Waals surface area contributed by atoms with Gasteiger partial charge in [0.2, 0.25) is 0 Å². The number of carbonyl (C=O) groups is 2. The first-order valence-electron chi connectivity index (χ1n) is 10.1. The van der Waals surface area contributed by atoms with Gasteiger partial charge >= 0.3 is 5.97 Å². The molecule has 0 bridgehead atoms. The number of benzene rings is 2. The number of nitro benzene ring substituents is 1. The highest BCUT2D eigenvalue weighted by Gasteiger charge is 2.24. The molecule has 1 amide bonds. The van der Waals surface area contributed by atoms with Gasteiger partial charge in [-0.1, -0.05) is 0 Å². The molecule has 0 radical (unpaired) electrons. The van der Waals surface area contributed by atoms with Crippen LogP contribution in [-0.4, -0.2) is 41.5 Å². The number of rotatable bonds is 7. The quantitative estimate of drug-likeness (QED) is 0.312. The number of ether oxygens (including phenoxy) is 1. The molecule has 1 aliphatic heterocycles. The average molecular weight is 470 g/mol. The fourth-order valence-corrected chi connectivity index (χ4v) is 4.21. The van der Waals surface area contributed by atoms with Gasteiger partial charge < -0.3 is 9.64 Å². The van der Waals surface area contributed by atoms with E-state index in [4.69, 9.17) is 4.74 Å². The topological polar surface area (TPSA) is 115 Å². The van der Waals surface area contributed by atoms with Crippen LogP contribution in [0, 0.1) is 15.9 Å². The van der Waals surface area contributed by atoms with Crippen LogP contribution < -0.4 is 10.2 Å². The highest BCUT2D eigenvalue weighted by atomic mass is 32.1. The fourth-order valence-electron chi connectivity index (χ4n) is 3.48. The SMILES string of the molecule is O=C(COC(=O)c1ccc(N2CCCC2)c([N+](=O)[O-])c1)Nc1nc(-c2ccc(F)cc2)cs1. The Labute approximate surface area is 192 Å². The summed E-state index contributed by atoms with van der Waals surface area (Å²) in [5.74, 6) is -1.81. The van der Waals surface area contributed by atoms with E-state index in [1.807, 2.05) is 4.90 Å². The highest BCUT2D eigenvalue weighted by molar-refractivity contribution is 7.14. The van der Waals surface area contributed by atoms with Crippen molar-refractivity contribution in [3.05, 3.63) is 69.3 Å². The molecule has 0 unspecified atom stereocenters. The van der Waals surface area contributed by atoms with Gasteiger partial charge in [-0.3, -0.25) is 20.2 Å². The predicted octanol–water partition coefficient (Wildman–Crippen LogP) is 4.25. The van der Waals surface area contributed by atoms with E-state index in [-0.39, 0.29) is 17.1 Å². The van der Waals surface area contributed by atoms with E-state index in [0.717, 1.165) is 25.9 Å². The smallest absolute Gasteiger partial charge is 0.338 e. The van der Waals surface area contributed by atoms with Crippen molar-refractivity contribution in [2.45, 2.75) is 12.8 Å². The Morgan fingerprint density at radius 2 is 1.91 bits per heavy atom. The van der Waals surface area contributed by atoms with Crippen molar-refractivity contribution in [2.24, 2.45) is 0 Å². The third-order valence-corrected chi connectivity index (χ3v) is 5.84. The van der Waals surface area contributed by atoms with Gasteiger partial charge in [0.25, 0.3) is 11.6 Å². The normalized spacial score (nSPS) is 13.1. The molecule has 1 saturated heterocycles. The van der Waals surface area contributed by atoms with Crippen molar-refractivity contribution in [3.63, 3.8) is 0 Å². The fraction of sp³-hybridized carbons (Fsp3) is 0.227. The van der Waals surface area contributed by atoms with Crippen molar-refractivity contribution < 1.29 is 23.6 Å². The third-order valence-electron chi connectivity index (χ3n) is 5.08. The second-order valence-corrected chi connectivity index (χ2v) is 8.18. The van der Waals surface area contributed by atoms with E-state index in [0.29, 0.717) is 22.1 Å². The molecule has 9 nitrogen and oxygen atoms in total. The summed E-state index contributed by atoms with van der Waals surface area (Å²) in [6.07, 6.45) is 1.92. The zero-order chi connectivity index (χ0) is 23.4. The molecular weight excluding hydrogens is 451 g/mol. The zero-order valence-electron chi connectivity index (χ0n) is 17.3. The Balaban J connectivity index is 1.36. The zero-order valence-corrected chi connectivity index (χ0v) is 18.1. The number of anilines is 2. The molecule has 33 heavy (non-hydrogen) atoms. The number of hydrogen-bond acceptors (Lipinski definition) is 8. The minimum absolute atomic E-state index is 0.00899. The summed E-state index contributed by atoms with van der Waals surface area (Å²) in [5, 5.41) is 16.0. The molecule has 0 spiro atoms. The number of carbonyl (C=O) groups excluding carboxylic acids is 2. The Kier molecular flexibility index (Phi) is 6.59. The summed E-state index contributed by atoms with van der Waals surface area (Å²) in [7, 11) is 0. The van der Waals surface area contributed by atoms with Gasteiger partial charge in [-0.15, -0.1) is 11.3 Å². The number of halogens is 1. The van der Waals surface area contributed by atoms with E-state index < -0.39 is 23.4 Å². The lowest BCUT2D eigenvalue weighted by Crippen LogP contribution is -2.21. The lowest BCUT2D eigenvalue weighted by Gasteiger charge is -2.17. The van der Waals surface area contributed by atoms with Gasteiger partial charge in [0, 0.05) is 30.1 Å². The van der Waals surface area contributed by atoms with Crippen LogP contribution in [0.1, 0.15) is 23.2 Å². The first-order chi connectivity index (χ1) is 15.9. The Hall–Kier alpha value is -3.86. The van der Waals surface area contributed by atoms with Crippen molar-refractivity contribution in [1.29, 1.82) is 0 Å². The maximum absolute atomic E-state index is 13.1. The second kappa shape index (κ2) is 9.74. The van der Waals surface area contributed by atoms with Crippen LogP contribution in [0.2, 0.25) is 0 Å². The second-order valence-electron chi connectivity index (χ2n) is 7.32. The summed E-state index contributed by atoms with van der Waals surface area (Å²) < 4.78 is 18.1. The molecule has 0 aliphatic carbocycles. The number of nitrogens with one attached hydrogen (secondary N) is 1. The number of amides is 1. The van der Waals surface area contributed by atoms with Gasteiger partial charge in [-0.05, 0) is 49.2 Å². The number of nitro groups is 1. The van der Waals surface area contributed by atoms with E-state index >= 15 is 0 Å². The summed E-state index contributed by atoms with van der Waals surface area (Å²) in [6, 6.07) is 9.94.